The maximum absolute atomic E-state index is 4.34. The second-order valence-corrected chi connectivity index (χ2v) is 4.41. The maximum Gasteiger partial charge on any atom is 0.0859 e. The third kappa shape index (κ3) is 3.62. The number of unbranched alkanes of at least 4 members (excludes halogenated alkanes) is 2. The van der Waals surface area contributed by atoms with Gasteiger partial charge in [0.1, 0.15) is 0 Å². The van der Waals surface area contributed by atoms with Gasteiger partial charge in [0.2, 0.25) is 0 Å². The standard InChI is InChI=1S/C13H25N3/c1-4-7-9-12-13(10-8-5-2)16(11-6-3)15-14-12/h4-11H2,1-3H3. The SMILES string of the molecule is CCCCc1nnn(CCC)c1CCCC. The van der Waals surface area contributed by atoms with Crippen LogP contribution in [0.1, 0.15) is 64.3 Å². The molecule has 0 bridgehead atoms. The Balaban J connectivity index is 2.72. The first-order valence-electron chi connectivity index (χ1n) is 6.74. The van der Waals surface area contributed by atoms with Gasteiger partial charge in [0.25, 0.3) is 0 Å². The normalized spacial score (nSPS) is 10.9. The van der Waals surface area contributed by atoms with E-state index in [9.17, 15) is 0 Å². The van der Waals surface area contributed by atoms with E-state index in [1.54, 1.807) is 0 Å². The number of hydrogen-bond acceptors (Lipinski definition) is 2. The van der Waals surface area contributed by atoms with Crippen molar-refractivity contribution in [3.8, 4) is 0 Å². The Labute approximate surface area is 99.2 Å². The van der Waals surface area contributed by atoms with Crippen LogP contribution >= 0.6 is 0 Å². The van der Waals surface area contributed by atoms with E-state index in [0.717, 1.165) is 25.8 Å². The summed E-state index contributed by atoms with van der Waals surface area (Å²) in [5.41, 5.74) is 2.63. The summed E-state index contributed by atoms with van der Waals surface area (Å²) in [6, 6.07) is 0. The minimum Gasteiger partial charge on any atom is -0.249 e. The summed E-state index contributed by atoms with van der Waals surface area (Å²) in [6.45, 7) is 7.66. The fourth-order valence-corrected chi connectivity index (χ4v) is 1.92. The van der Waals surface area contributed by atoms with E-state index in [1.165, 1.54) is 37.1 Å². The van der Waals surface area contributed by atoms with Crippen LogP contribution in [0.25, 0.3) is 0 Å². The van der Waals surface area contributed by atoms with E-state index in [4.69, 9.17) is 0 Å². The van der Waals surface area contributed by atoms with Gasteiger partial charge in [-0.25, -0.2) is 4.68 Å². The van der Waals surface area contributed by atoms with Crippen LogP contribution in [0, 0.1) is 0 Å². The molecule has 0 aliphatic heterocycles. The van der Waals surface area contributed by atoms with Crippen molar-refractivity contribution >= 4 is 0 Å². The minimum atomic E-state index is 1.01. The molecule has 0 spiro atoms. The summed E-state index contributed by atoms with van der Waals surface area (Å²) in [4.78, 5) is 0. The highest BCUT2D eigenvalue weighted by atomic mass is 15.4. The first-order chi connectivity index (χ1) is 7.83. The highest BCUT2D eigenvalue weighted by Crippen LogP contribution is 2.13. The highest BCUT2D eigenvalue weighted by Gasteiger charge is 2.11. The lowest BCUT2D eigenvalue weighted by Gasteiger charge is -2.06. The number of rotatable bonds is 8. The molecular weight excluding hydrogens is 198 g/mol. The molecule has 1 aromatic rings. The van der Waals surface area contributed by atoms with Crippen LogP contribution in [0.4, 0.5) is 0 Å². The van der Waals surface area contributed by atoms with Gasteiger partial charge in [0.05, 0.1) is 11.4 Å². The molecule has 3 heteroatoms. The van der Waals surface area contributed by atoms with Crippen molar-refractivity contribution in [3.05, 3.63) is 11.4 Å². The molecular formula is C13H25N3. The number of aromatic nitrogens is 3. The Hall–Kier alpha value is -0.860. The highest BCUT2D eigenvalue weighted by molar-refractivity contribution is 5.10. The van der Waals surface area contributed by atoms with E-state index < -0.39 is 0 Å². The van der Waals surface area contributed by atoms with Crippen LogP contribution in [-0.2, 0) is 19.4 Å². The lowest BCUT2D eigenvalue weighted by atomic mass is 10.1. The third-order valence-electron chi connectivity index (χ3n) is 2.89. The molecule has 0 aromatic carbocycles. The van der Waals surface area contributed by atoms with Gasteiger partial charge in [-0.3, -0.25) is 0 Å². The van der Waals surface area contributed by atoms with Crippen molar-refractivity contribution in [2.24, 2.45) is 0 Å². The Morgan fingerprint density at radius 2 is 1.62 bits per heavy atom. The van der Waals surface area contributed by atoms with Gasteiger partial charge in [-0.1, -0.05) is 38.8 Å². The summed E-state index contributed by atoms with van der Waals surface area (Å²) >= 11 is 0. The summed E-state index contributed by atoms with van der Waals surface area (Å²) in [5, 5.41) is 8.62. The molecule has 0 aliphatic rings. The maximum atomic E-state index is 4.34. The number of aryl methyl sites for hydroxylation is 2. The molecule has 1 heterocycles. The Morgan fingerprint density at radius 3 is 2.25 bits per heavy atom. The van der Waals surface area contributed by atoms with Gasteiger partial charge in [-0.05, 0) is 32.1 Å². The fraction of sp³-hybridized carbons (Fsp3) is 0.846. The van der Waals surface area contributed by atoms with Crippen molar-refractivity contribution in [1.82, 2.24) is 15.0 Å². The zero-order chi connectivity index (χ0) is 11.8. The van der Waals surface area contributed by atoms with Crippen LogP contribution in [0.2, 0.25) is 0 Å². The molecule has 0 N–H and O–H groups in total. The van der Waals surface area contributed by atoms with Gasteiger partial charge < -0.3 is 0 Å². The summed E-state index contributed by atoms with van der Waals surface area (Å²) in [7, 11) is 0. The van der Waals surface area contributed by atoms with E-state index in [1.807, 2.05) is 0 Å². The smallest absolute Gasteiger partial charge is 0.0859 e. The molecule has 92 valence electrons. The summed E-state index contributed by atoms with van der Waals surface area (Å²) < 4.78 is 2.11. The van der Waals surface area contributed by atoms with Crippen molar-refractivity contribution in [1.29, 1.82) is 0 Å². The van der Waals surface area contributed by atoms with Gasteiger partial charge >= 0.3 is 0 Å². The van der Waals surface area contributed by atoms with Crippen LogP contribution in [-0.4, -0.2) is 15.0 Å². The van der Waals surface area contributed by atoms with E-state index in [2.05, 4.69) is 35.8 Å². The molecule has 0 amide bonds. The van der Waals surface area contributed by atoms with Crippen LogP contribution in [0.3, 0.4) is 0 Å². The Kier molecular flexibility index (Phi) is 6.12. The summed E-state index contributed by atoms with van der Waals surface area (Å²) in [6.07, 6.45) is 8.32. The second kappa shape index (κ2) is 7.42. The van der Waals surface area contributed by atoms with Gasteiger partial charge in [-0.15, -0.1) is 5.10 Å². The van der Waals surface area contributed by atoms with Crippen molar-refractivity contribution in [2.45, 2.75) is 72.3 Å². The van der Waals surface area contributed by atoms with E-state index >= 15 is 0 Å². The van der Waals surface area contributed by atoms with Crippen LogP contribution < -0.4 is 0 Å². The molecule has 16 heavy (non-hydrogen) atoms. The zero-order valence-corrected chi connectivity index (χ0v) is 11.0. The van der Waals surface area contributed by atoms with Gasteiger partial charge in [0, 0.05) is 6.54 Å². The summed E-state index contributed by atoms with van der Waals surface area (Å²) in [5.74, 6) is 0. The zero-order valence-electron chi connectivity index (χ0n) is 11.0. The third-order valence-corrected chi connectivity index (χ3v) is 2.89. The molecule has 1 aromatic heterocycles. The average Bonchev–Trinajstić information content (AvgIpc) is 2.67. The molecule has 0 fully saturated rings. The fourth-order valence-electron chi connectivity index (χ4n) is 1.92. The predicted molar refractivity (Wildman–Crippen MR) is 67.5 cm³/mol. The molecule has 0 aliphatic carbocycles. The van der Waals surface area contributed by atoms with Crippen LogP contribution in [0.15, 0.2) is 0 Å². The number of nitrogens with zero attached hydrogens (tertiary/aromatic N) is 3. The Bertz CT molecular complexity index is 291. The van der Waals surface area contributed by atoms with Crippen molar-refractivity contribution < 1.29 is 0 Å². The van der Waals surface area contributed by atoms with Crippen molar-refractivity contribution in [3.63, 3.8) is 0 Å². The first kappa shape index (κ1) is 13.2. The lowest BCUT2D eigenvalue weighted by molar-refractivity contribution is 0.548. The van der Waals surface area contributed by atoms with Gasteiger partial charge in [-0.2, -0.15) is 0 Å². The quantitative estimate of drug-likeness (QED) is 0.676. The molecule has 0 saturated carbocycles. The predicted octanol–water partition coefficient (Wildman–Crippen LogP) is 3.37. The molecule has 0 unspecified atom stereocenters. The van der Waals surface area contributed by atoms with Gasteiger partial charge in [0.15, 0.2) is 0 Å². The lowest BCUT2D eigenvalue weighted by Crippen LogP contribution is -2.06. The average molecular weight is 223 g/mol. The monoisotopic (exact) mass is 223 g/mol. The van der Waals surface area contributed by atoms with Crippen LogP contribution in [0.5, 0.6) is 0 Å². The molecule has 0 radical (unpaired) electrons. The van der Waals surface area contributed by atoms with Crippen molar-refractivity contribution in [2.75, 3.05) is 0 Å². The van der Waals surface area contributed by atoms with E-state index in [0.29, 0.717) is 0 Å². The number of hydrogen-bond donors (Lipinski definition) is 0. The topological polar surface area (TPSA) is 30.7 Å². The first-order valence-corrected chi connectivity index (χ1v) is 6.74. The van der Waals surface area contributed by atoms with E-state index in [-0.39, 0.29) is 0 Å². The molecule has 3 nitrogen and oxygen atoms in total. The molecule has 0 atom stereocenters. The Morgan fingerprint density at radius 1 is 0.938 bits per heavy atom. The molecule has 1 rings (SSSR count). The largest absolute Gasteiger partial charge is 0.249 e. The molecule has 0 saturated heterocycles. The second-order valence-electron chi connectivity index (χ2n) is 4.41. The minimum absolute atomic E-state index is 1.01.